The Morgan fingerprint density at radius 2 is 1.72 bits per heavy atom. The topological polar surface area (TPSA) is 67.8 Å². The van der Waals surface area contributed by atoms with Gasteiger partial charge in [0, 0.05) is 10.9 Å². The largest absolute Gasteiger partial charge is 0.320 e. The Kier molecular flexibility index (Phi) is 4.26. The molecule has 2 aromatic heterocycles. The molecule has 1 amide bonds. The molecule has 5 rings (SSSR count). The van der Waals surface area contributed by atoms with Crippen molar-refractivity contribution in [2.45, 2.75) is 6.92 Å². The SMILES string of the molecule is Cc1cccc2c(C(=O)Nc3cccc4nsnc34)cc(-c3ccccc3)nc12. The molecule has 0 fully saturated rings. The molecule has 6 heteroatoms. The lowest BCUT2D eigenvalue weighted by molar-refractivity contribution is 0.102. The molecule has 5 nitrogen and oxygen atoms in total. The maximum atomic E-state index is 13.3. The first-order valence-electron chi connectivity index (χ1n) is 9.19. The molecule has 140 valence electrons. The molecule has 3 aromatic carbocycles. The van der Waals surface area contributed by atoms with Gasteiger partial charge in [-0.1, -0.05) is 54.6 Å². The normalized spacial score (nSPS) is 11.1. The Morgan fingerprint density at radius 3 is 2.59 bits per heavy atom. The van der Waals surface area contributed by atoms with E-state index in [0.717, 1.165) is 45.0 Å². The average molecular weight is 396 g/mol. The zero-order valence-electron chi connectivity index (χ0n) is 15.6. The second-order valence-corrected chi connectivity index (χ2v) is 7.31. The standard InChI is InChI=1S/C23H16N4OS/c1-14-7-5-10-16-17(13-20(24-21(14)16)15-8-3-2-4-9-15)23(28)25-18-11-6-12-19-22(18)27-29-26-19/h2-13H,1H3,(H,25,28). The Morgan fingerprint density at radius 1 is 0.897 bits per heavy atom. The summed E-state index contributed by atoms with van der Waals surface area (Å²) in [5.74, 6) is -0.194. The summed E-state index contributed by atoms with van der Waals surface area (Å²) in [7, 11) is 0. The Hall–Kier alpha value is -3.64. The van der Waals surface area contributed by atoms with Crippen molar-refractivity contribution in [2.24, 2.45) is 0 Å². The highest BCUT2D eigenvalue weighted by atomic mass is 32.1. The first-order chi connectivity index (χ1) is 14.2. The van der Waals surface area contributed by atoms with Crippen LogP contribution >= 0.6 is 11.7 Å². The first kappa shape index (κ1) is 17.5. The van der Waals surface area contributed by atoms with Crippen molar-refractivity contribution in [3.8, 4) is 11.3 Å². The van der Waals surface area contributed by atoms with Gasteiger partial charge in [-0.2, -0.15) is 8.75 Å². The van der Waals surface area contributed by atoms with E-state index in [9.17, 15) is 4.79 Å². The summed E-state index contributed by atoms with van der Waals surface area (Å²) in [6, 6.07) is 23.2. The maximum Gasteiger partial charge on any atom is 0.256 e. The van der Waals surface area contributed by atoms with Gasteiger partial charge in [-0.25, -0.2) is 4.98 Å². The summed E-state index contributed by atoms with van der Waals surface area (Å²) in [6.45, 7) is 2.01. The van der Waals surface area contributed by atoms with E-state index < -0.39 is 0 Å². The smallest absolute Gasteiger partial charge is 0.256 e. The molecule has 2 heterocycles. The van der Waals surface area contributed by atoms with Gasteiger partial charge in [-0.3, -0.25) is 4.79 Å². The van der Waals surface area contributed by atoms with Crippen LogP contribution in [0.3, 0.4) is 0 Å². The summed E-state index contributed by atoms with van der Waals surface area (Å²) in [5.41, 5.74) is 6.30. The highest BCUT2D eigenvalue weighted by molar-refractivity contribution is 7.00. The van der Waals surface area contributed by atoms with Crippen LogP contribution in [0.2, 0.25) is 0 Å². The van der Waals surface area contributed by atoms with Crippen molar-refractivity contribution in [1.82, 2.24) is 13.7 Å². The lowest BCUT2D eigenvalue weighted by atomic mass is 10.0. The lowest BCUT2D eigenvalue weighted by Crippen LogP contribution is -2.13. The highest BCUT2D eigenvalue weighted by Crippen LogP contribution is 2.28. The Labute approximate surface area is 171 Å². The number of rotatable bonds is 3. The number of nitrogens with one attached hydrogen (secondary N) is 1. The number of anilines is 1. The fourth-order valence-electron chi connectivity index (χ4n) is 3.43. The van der Waals surface area contributed by atoms with Gasteiger partial charge in [0.1, 0.15) is 11.0 Å². The molecule has 1 N–H and O–H groups in total. The van der Waals surface area contributed by atoms with Crippen LogP contribution < -0.4 is 5.32 Å². The Bertz CT molecular complexity index is 1360. The van der Waals surface area contributed by atoms with Crippen LogP contribution in [0.4, 0.5) is 5.69 Å². The summed E-state index contributed by atoms with van der Waals surface area (Å²) < 4.78 is 8.55. The third-order valence-electron chi connectivity index (χ3n) is 4.89. The van der Waals surface area contributed by atoms with Gasteiger partial charge >= 0.3 is 0 Å². The molecular weight excluding hydrogens is 380 g/mol. The molecule has 0 saturated heterocycles. The number of aromatic nitrogens is 3. The number of carbonyl (C=O) groups is 1. The van der Waals surface area contributed by atoms with Crippen LogP contribution in [0.5, 0.6) is 0 Å². The Balaban J connectivity index is 1.66. The van der Waals surface area contributed by atoms with Crippen molar-refractivity contribution < 1.29 is 4.79 Å². The second kappa shape index (κ2) is 7.07. The minimum atomic E-state index is -0.194. The fraction of sp³-hybridized carbons (Fsp3) is 0.0435. The van der Waals surface area contributed by atoms with Gasteiger partial charge in [0.25, 0.3) is 5.91 Å². The molecular formula is C23H16N4OS. The predicted octanol–water partition coefficient (Wildman–Crippen LogP) is 5.47. The predicted molar refractivity (Wildman–Crippen MR) is 117 cm³/mol. The number of pyridine rings is 1. The quantitative estimate of drug-likeness (QED) is 0.439. The van der Waals surface area contributed by atoms with E-state index in [-0.39, 0.29) is 5.91 Å². The number of hydrogen-bond acceptors (Lipinski definition) is 5. The number of amides is 1. The van der Waals surface area contributed by atoms with Crippen LogP contribution in [0, 0.1) is 6.92 Å². The average Bonchev–Trinajstić information content (AvgIpc) is 3.24. The van der Waals surface area contributed by atoms with E-state index in [1.807, 2.05) is 79.7 Å². The number of fused-ring (bicyclic) bond motifs is 2. The maximum absolute atomic E-state index is 13.3. The highest BCUT2D eigenvalue weighted by Gasteiger charge is 2.17. The van der Waals surface area contributed by atoms with E-state index in [0.29, 0.717) is 16.8 Å². The van der Waals surface area contributed by atoms with E-state index in [1.54, 1.807) is 0 Å². The number of para-hydroxylation sites is 1. The van der Waals surface area contributed by atoms with Crippen LogP contribution in [0.15, 0.2) is 72.8 Å². The molecule has 5 aromatic rings. The summed E-state index contributed by atoms with van der Waals surface area (Å²) >= 11 is 1.13. The molecule has 29 heavy (non-hydrogen) atoms. The number of nitrogens with zero attached hydrogens (tertiary/aromatic N) is 3. The molecule has 0 bridgehead atoms. The molecule has 0 atom stereocenters. The molecule has 0 radical (unpaired) electrons. The van der Waals surface area contributed by atoms with Gasteiger partial charge in [0.15, 0.2) is 0 Å². The summed E-state index contributed by atoms with van der Waals surface area (Å²) in [4.78, 5) is 18.1. The fourth-order valence-corrected chi connectivity index (χ4v) is 3.98. The van der Waals surface area contributed by atoms with Crippen LogP contribution in [0.25, 0.3) is 33.2 Å². The second-order valence-electron chi connectivity index (χ2n) is 6.78. The van der Waals surface area contributed by atoms with E-state index in [1.165, 1.54) is 0 Å². The van der Waals surface area contributed by atoms with Crippen LogP contribution in [-0.4, -0.2) is 19.6 Å². The van der Waals surface area contributed by atoms with Gasteiger partial charge in [0.05, 0.1) is 34.2 Å². The molecule has 0 aliphatic rings. The number of hydrogen-bond donors (Lipinski definition) is 1. The zero-order valence-corrected chi connectivity index (χ0v) is 16.4. The van der Waals surface area contributed by atoms with Crippen molar-refractivity contribution in [3.05, 3.63) is 83.9 Å². The third kappa shape index (κ3) is 3.13. The summed E-state index contributed by atoms with van der Waals surface area (Å²) in [5, 5.41) is 3.84. The lowest BCUT2D eigenvalue weighted by Gasteiger charge is -2.12. The summed E-state index contributed by atoms with van der Waals surface area (Å²) in [6.07, 6.45) is 0. The van der Waals surface area contributed by atoms with Crippen molar-refractivity contribution in [3.63, 3.8) is 0 Å². The third-order valence-corrected chi connectivity index (χ3v) is 5.43. The van der Waals surface area contributed by atoms with Gasteiger partial charge in [0.2, 0.25) is 0 Å². The monoisotopic (exact) mass is 396 g/mol. The van der Waals surface area contributed by atoms with Crippen LogP contribution in [0.1, 0.15) is 15.9 Å². The van der Waals surface area contributed by atoms with E-state index >= 15 is 0 Å². The number of benzene rings is 3. The molecule has 0 spiro atoms. The van der Waals surface area contributed by atoms with Gasteiger partial charge in [-0.15, -0.1) is 0 Å². The van der Waals surface area contributed by atoms with E-state index in [4.69, 9.17) is 4.98 Å². The van der Waals surface area contributed by atoms with Crippen molar-refractivity contribution in [1.29, 1.82) is 0 Å². The molecule has 0 aliphatic heterocycles. The van der Waals surface area contributed by atoms with E-state index in [2.05, 4.69) is 14.1 Å². The van der Waals surface area contributed by atoms with Gasteiger partial charge in [-0.05, 0) is 30.7 Å². The van der Waals surface area contributed by atoms with Crippen LogP contribution in [-0.2, 0) is 0 Å². The van der Waals surface area contributed by atoms with Crippen molar-refractivity contribution >= 4 is 45.3 Å². The minimum absolute atomic E-state index is 0.194. The first-order valence-corrected chi connectivity index (χ1v) is 9.92. The number of carbonyl (C=O) groups excluding carboxylic acids is 1. The number of aryl methyl sites for hydroxylation is 1. The van der Waals surface area contributed by atoms with Crippen molar-refractivity contribution in [2.75, 3.05) is 5.32 Å². The zero-order chi connectivity index (χ0) is 19.8. The molecule has 0 aliphatic carbocycles. The molecule has 0 unspecified atom stereocenters. The van der Waals surface area contributed by atoms with Gasteiger partial charge < -0.3 is 5.32 Å². The molecule has 0 saturated carbocycles. The minimum Gasteiger partial charge on any atom is -0.320 e.